The molecule has 0 N–H and O–H groups in total. The number of hydrogen-bond acceptors (Lipinski definition) is 4. The molecule has 2 aromatic carbocycles. The molecule has 0 radical (unpaired) electrons. The monoisotopic (exact) mass is 442 g/mol. The van der Waals surface area contributed by atoms with Crippen molar-refractivity contribution in [1.29, 1.82) is 0 Å². The van der Waals surface area contributed by atoms with Crippen LogP contribution in [0, 0.1) is 13.8 Å². The van der Waals surface area contributed by atoms with Crippen LogP contribution in [0.5, 0.6) is 0 Å². The van der Waals surface area contributed by atoms with E-state index < -0.39 is 17.6 Å². The standard InChI is InChI=1S/C23H21F3N4O2/c1-14-15(2)28-20-13-16(7-8-19(20)27-14)21(31)29-9-11-30(12-10-29)22(32)17-5-3-4-6-18(17)23(24,25)26/h3-8,13H,9-12H2,1-2H3. The van der Waals surface area contributed by atoms with E-state index in [-0.39, 0.29) is 37.6 Å². The van der Waals surface area contributed by atoms with Crippen LogP contribution in [0.15, 0.2) is 42.5 Å². The lowest BCUT2D eigenvalue weighted by Crippen LogP contribution is -2.50. The molecule has 0 spiro atoms. The Kier molecular flexibility index (Phi) is 5.58. The van der Waals surface area contributed by atoms with E-state index >= 15 is 0 Å². The Morgan fingerprint density at radius 1 is 0.812 bits per heavy atom. The van der Waals surface area contributed by atoms with Crippen molar-refractivity contribution in [3.05, 3.63) is 70.5 Å². The van der Waals surface area contributed by atoms with Crippen molar-refractivity contribution >= 4 is 22.8 Å². The second kappa shape index (κ2) is 8.22. The molecule has 0 aliphatic carbocycles. The lowest BCUT2D eigenvalue weighted by Gasteiger charge is -2.35. The van der Waals surface area contributed by atoms with Gasteiger partial charge in [-0.2, -0.15) is 13.2 Å². The molecule has 32 heavy (non-hydrogen) atoms. The molecule has 1 saturated heterocycles. The van der Waals surface area contributed by atoms with Crippen LogP contribution in [0.1, 0.15) is 37.7 Å². The highest BCUT2D eigenvalue weighted by Crippen LogP contribution is 2.32. The van der Waals surface area contributed by atoms with E-state index in [0.717, 1.165) is 17.5 Å². The summed E-state index contributed by atoms with van der Waals surface area (Å²) >= 11 is 0. The molecule has 1 aliphatic rings. The summed E-state index contributed by atoms with van der Waals surface area (Å²) in [6, 6.07) is 9.87. The summed E-state index contributed by atoms with van der Waals surface area (Å²) in [5.74, 6) is -0.897. The van der Waals surface area contributed by atoms with Gasteiger partial charge in [0.15, 0.2) is 0 Å². The number of nitrogens with zero attached hydrogens (tertiary/aromatic N) is 4. The van der Waals surface area contributed by atoms with Crippen molar-refractivity contribution in [3.8, 4) is 0 Å². The summed E-state index contributed by atoms with van der Waals surface area (Å²) < 4.78 is 39.8. The highest BCUT2D eigenvalue weighted by atomic mass is 19.4. The van der Waals surface area contributed by atoms with E-state index in [2.05, 4.69) is 9.97 Å². The Morgan fingerprint density at radius 3 is 2.00 bits per heavy atom. The molecule has 9 heteroatoms. The number of amides is 2. The predicted molar refractivity (Wildman–Crippen MR) is 112 cm³/mol. The molecule has 1 aliphatic heterocycles. The number of piperazine rings is 1. The van der Waals surface area contributed by atoms with Crippen LogP contribution < -0.4 is 0 Å². The Morgan fingerprint density at radius 2 is 1.38 bits per heavy atom. The quantitative estimate of drug-likeness (QED) is 0.605. The maximum atomic E-state index is 13.3. The molecule has 166 valence electrons. The molecular weight excluding hydrogens is 421 g/mol. The van der Waals surface area contributed by atoms with Gasteiger partial charge in [-0.15, -0.1) is 0 Å². The van der Waals surface area contributed by atoms with Gasteiger partial charge in [0, 0.05) is 31.7 Å². The minimum Gasteiger partial charge on any atom is -0.335 e. The van der Waals surface area contributed by atoms with Crippen LogP contribution in [0.2, 0.25) is 0 Å². The van der Waals surface area contributed by atoms with Gasteiger partial charge >= 0.3 is 6.18 Å². The molecule has 0 atom stereocenters. The van der Waals surface area contributed by atoms with Crippen LogP contribution in [0.4, 0.5) is 13.2 Å². The number of alkyl halides is 3. The van der Waals surface area contributed by atoms with Crippen LogP contribution in [-0.2, 0) is 6.18 Å². The minimum atomic E-state index is -4.61. The smallest absolute Gasteiger partial charge is 0.335 e. The van der Waals surface area contributed by atoms with Crippen LogP contribution >= 0.6 is 0 Å². The molecular formula is C23H21F3N4O2. The minimum absolute atomic E-state index is 0.155. The van der Waals surface area contributed by atoms with Crippen molar-refractivity contribution in [2.45, 2.75) is 20.0 Å². The van der Waals surface area contributed by atoms with E-state index in [1.807, 2.05) is 13.8 Å². The highest BCUT2D eigenvalue weighted by Gasteiger charge is 2.36. The van der Waals surface area contributed by atoms with Crippen molar-refractivity contribution < 1.29 is 22.8 Å². The fourth-order valence-electron chi connectivity index (χ4n) is 3.75. The van der Waals surface area contributed by atoms with E-state index in [1.165, 1.54) is 23.1 Å². The normalized spacial score (nSPS) is 14.7. The summed E-state index contributed by atoms with van der Waals surface area (Å²) in [6.45, 7) is 4.49. The Balaban J connectivity index is 1.47. The first-order valence-corrected chi connectivity index (χ1v) is 10.1. The first-order valence-electron chi connectivity index (χ1n) is 10.1. The average molecular weight is 442 g/mol. The topological polar surface area (TPSA) is 66.4 Å². The zero-order valence-corrected chi connectivity index (χ0v) is 17.6. The zero-order chi connectivity index (χ0) is 23.0. The zero-order valence-electron chi connectivity index (χ0n) is 17.6. The number of fused-ring (bicyclic) bond motifs is 1. The van der Waals surface area contributed by atoms with E-state index in [4.69, 9.17) is 0 Å². The Bertz CT molecular complexity index is 1200. The van der Waals surface area contributed by atoms with Gasteiger partial charge in [-0.05, 0) is 44.2 Å². The summed E-state index contributed by atoms with van der Waals surface area (Å²) in [5, 5.41) is 0. The van der Waals surface area contributed by atoms with Crippen LogP contribution in [0.25, 0.3) is 11.0 Å². The molecule has 4 rings (SSSR count). The van der Waals surface area contributed by atoms with E-state index in [1.54, 1.807) is 23.1 Å². The number of aromatic nitrogens is 2. The average Bonchev–Trinajstić information content (AvgIpc) is 2.78. The lowest BCUT2D eigenvalue weighted by molar-refractivity contribution is -0.138. The van der Waals surface area contributed by atoms with E-state index in [0.29, 0.717) is 16.6 Å². The second-order valence-electron chi connectivity index (χ2n) is 7.73. The first kappa shape index (κ1) is 21.7. The molecule has 0 bridgehead atoms. The van der Waals surface area contributed by atoms with Gasteiger partial charge in [0.05, 0.1) is 33.5 Å². The van der Waals surface area contributed by atoms with Gasteiger partial charge in [-0.25, -0.2) is 9.97 Å². The Labute approximate surface area is 182 Å². The van der Waals surface area contributed by atoms with Crippen LogP contribution in [0.3, 0.4) is 0 Å². The number of rotatable bonds is 2. The van der Waals surface area contributed by atoms with Crippen molar-refractivity contribution in [1.82, 2.24) is 19.8 Å². The number of carbonyl (C=O) groups excluding carboxylic acids is 2. The molecule has 3 aromatic rings. The predicted octanol–water partition coefficient (Wildman–Crippen LogP) is 3.86. The van der Waals surface area contributed by atoms with E-state index in [9.17, 15) is 22.8 Å². The van der Waals surface area contributed by atoms with Gasteiger partial charge in [-0.1, -0.05) is 12.1 Å². The molecule has 0 saturated carbocycles. The number of hydrogen-bond donors (Lipinski definition) is 0. The van der Waals surface area contributed by atoms with Gasteiger partial charge in [0.2, 0.25) is 0 Å². The SMILES string of the molecule is Cc1nc2ccc(C(=O)N3CCN(C(=O)c4ccccc4C(F)(F)F)CC3)cc2nc1C. The number of carbonyl (C=O) groups is 2. The first-order chi connectivity index (χ1) is 15.1. The summed E-state index contributed by atoms with van der Waals surface area (Å²) in [5.41, 5.74) is 2.06. The molecule has 6 nitrogen and oxygen atoms in total. The molecule has 2 heterocycles. The molecule has 2 amide bonds. The lowest BCUT2D eigenvalue weighted by atomic mass is 10.1. The number of benzene rings is 2. The van der Waals surface area contributed by atoms with Gasteiger partial charge in [0.25, 0.3) is 11.8 Å². The molecule has 1 fully saturated rings. The second-order valence-corrected chi connectivity index (χ2v) is 7.73. The molecule has 0 unspecified atom stereocenters. The third-order valence-corrected chi connectivity index (χ3v) is 5.64. The van der Waals surface area contributed by atoms with Crippen molar-refractivity contribution in [3.63, 3.8) is 0 Å². The number of aryl methyl sites for hydroxylation is 2. The number of halogens is 3. The fraction of sp³-hybridized carbons (Fsp3) is 0.304. The highest BCUT2D eigenvalue weighted by molar-refractivity contribution is 5.98. The summed E-state index contributed by atoms with van der Waals surface area (Å²) in [6.07, 6.45) is -4.61. The van der Waals surface area contributed by atoms with Gasteiger partial charge in [0.1, 0.15) is 0 Å². The van der Waals surface area contributed by atoms with Gasteiger partial charge < -0.3 is 9.80 Å². The summed E-state index contributed by atoms with van der Waals surface area (Å²) in [4.78, 5) is 37.6. The maximum absolute atomic E-state index is 13.3. The maximum Gasteiger partial charge on any atom is 0.417 e. The third-order valence-electron chi connectivity index (χ3n) is 5.64. The Hall–Kier alpha value is -3.49. The van der Waals surface area contributed by atoms with Crippen LogP contribution in [-0.4, -0.2) is 57.8 Å². The summed E-state index contributed by atoms with van der Waals surface area (Å²) in [7, 11) is 0. The third kappa shape index (κ3) is 4.15. The van der Waals surface area contributed by atoms with Crippen molar-refractivity contribution in [2.24, 2.45) is 0 Å². The van der Waals surface area contributed by atoms with Gasteiger partial charge in [-0.3, -0.25) is 9.59 Å². The van der Waals surface area contributed by atoms with Crippen molar-refractivity contribution in [2.75, 3.05) is 26.2 Å². The fourth-order valence-corrected chi connectivity index (χ4v) is 3.75. The largest absolute Gasteiger partial charge is 0.417 e. The molecule has 1 aromatic heterocycles.